The quantitative estimate of drug-likeness (QED) is 0.424. The molecule has 0 saturated heterocycles. The van der Waals surface area contributed by atoms with E-state index in [1.807, 2.05) is 67.6 Å². The summed E-state index contributed by atoms with van der Waals surface area (Å²) < 4.78 is 5.54. The summed E-state index contributed by atoms with van der Waals surface area (Å²) in [6, 6.07) is 19.7. The summed E-state index contributed by atoms with van der Waals surface area (Å²) in [5.74, 6) is 1.50. The molecule has 0 atom stereocenters. The minimum Gasteiger partial charge on any atom is -0.494 e. The molecule has 4 aromatic rings. The van der Waals surface area contributed by atoms with Gasteiger partial charge in [0.25, 0.3) is 0 Å². The van der Waals surface area contributed by atoms with Crippen LogP contribution in [-0.4, -0.2) is 22.8 Å². The summed E-state index contributed by atoms with van der Waals surface area (Å²) in [6.45, 7) is 2.60. The second-order valence-electron chi connectivity index (χ2n) is 5.77. The number of aromatic nitrogens is 2. The zero-order valence-corrected chi connectivity index (χ0v) is 14.4. The molecule has 0 aliphatic rings. The van der Waals surface area contributed by atoms with Crippen molar-refractivity contribution in [3.05, 3.63) is 72.4 Å². The number of anilines is 1. The number of nitrogens with zero attached hydrogens (tertiary/aromatic N) is 3. The molecule has 5 heteroatoms. The van der Waals surface area contributed by atoms with E-state index in [4.69, 9.17) is 4.74 Å². The van der Waals surface area contributed by atoms with Crippen molar-refractivity contribution in [3.8, 4) is 5.75 Å². The fraction of sp³-hybridized carbons (Fsp3) is 0.0952. The number of fused-ring (bicyclic) bond motifs is 2. The van der Waals surface area contributed by atoms with Crippen molar-refractivity contribution in [3.63, 3.8) is 0 Å². The molecule has 0 saturated carbocycles. The van der Waals surface area contributed by atoms with E-state index in [-0.39, 0.29) is 0 Å². The number of nitrogens with one attached hydrogen (secondary N) is 1. The number of hydrogen-bond acceptors (Lipinski definition) is 5. The molecule has 4 rings (SSSR count). The van der Waals surface area contributed by atoms with E-state index >= 15 is 0 Å². The maximum absolute atomic E-state index is 5.54. The lowest BCUT2D eigenvalue weighted by atomic mass is 10.1. The second-order valence-corrected chi connectivity index (χ2v) is 5.77. The van der Waals surface area contributed by atoms with Crippen molar-refractivity contribution in [2.45, 2.75) is 6.92 Å². The van der Waals surface area contributed by atoms with Crippen LogP contribution >= 0.6 is 0 Å². The van der Waals surface area contributed by atoms with E-state index in [0.717, 1.165) is 33.1 Å². The number of ether oxygens (including phenoxy) is 1. The van der Waals surface area contributed by atoms with E-state index < -0.39 is 0 Å². The van der Waals surface area contributed by atoms with Gasteiger partial charge in [0, 0.05) is 28.6 Å². The first-order valence-electron chi connectivity index (χ1n) is 8.50. The summed E-state index contributed by atoms with van der Waals surface area (Å²) in [5, 5.41) is 6.45. The van der Waals surface area contributed by atoms with Crippen LogP contribution in [0, 0.1) is 0 Å². The Morgan fingerprint density at radius 1 is 1.04 bits per heavy atom. The molecule has 128 valence electrons. The van der Waals surface area contributed by atoms with Gasteiger partial charge in [-0.2, -0.15) is 5.10 Å². The zero-order chi connectivity index (χ0) is 17.8. The predicted octanol–water partition coefficient (Wildman–Crippen LogP) is 4.63. The van der Waals surface area contributed by atoms with E-state index in [9.17, 15) is 0 Å². The molecule has 0 radical (unpaired) electrons. The van der Waals surface area contributed by atoms with Crippen molar-refractivity contribution in [1.82, 2.24) is 9.97 Å². The smallest absolute Gasteiger partial charge is 0.146 e. The van der Waals surface area contributed by atoms with E-state index in [2.05, 4.69) is 20.5 Å². The molecule has 0 bridgehead atoms. The van der Waals surface area contributed by atoms with Gasteiger partial charge in [0.2, 0.25) is 0 Å². The van der Waals surface area contributed by atoms with Gasteiger partial charge in [-0.1, -0.05) is 18.2 Å². The summed E-state index contributed by atoms with van der Waals surface area (Å²) in [4.78, 5) is 8.95. The number of para-hydroxylation sites is 1. The van der Waals surface area contributed by atoms with Gasteiger partial charge in [-0.3, -0.25) is 10.4 Å². The van der Waals surface area contributed by atoms with Crippen molar-refractivity contribution < 1.29 is 4.74 Å². The lowest BCUT2D eigenvalue weighted by Gasteiger charge is -2.06. The molecule has 2 aromatic carbocycles. The van der Waals surface area contributed by atoms with Crippen LogP contribution in [-0.2, 0) is 0 Å². The molecule has 2 heterocycles. The summed E-state index contributed by atoms with van der Waals surface area (Å²) in [5.41, 5.74) is 5.81. The molecule has 0 unspecified atom stereocenters. The Balaban J connectivity index is 1.57. The second kappa shape index (κ2) is 7.19. The van der Waals surface area contributed by atoms with Crippen molar-refractivity contribution >= 4 is 33.8 Å². The Labute approximate surface area is 151 Å². The molecular formula is C21H18N4O. The topological polar surface area (TPSA) is 59.4 Å². The zero-order valence-electron chi connectivity index (χ0n) is 14.4. The van der Waals surface area contributed by atoms with Crippen molar-refractivity contribution in [2.75, 3.05) is 12.0 Å². The van der Waals surface area contributed by atoms with Gasteiger partial charge >= 0.3 is 0 Å². The van der Waals surface area contributed by atoms with Crippen LogP contribution in [0.5, 0.6) is 5.75 Å². The van der Waals surface area contributed by atoms with Gasteiger partial charge in [0.15, 0.2) is 0 Å². The summed E-state index contributed by atoms with van der Waals surface area (Å²) in [7, 11) is 0. The lowest BCUT2D eigenvalue weighted by molar-refractivity contribution is 0.340. The fourth-order valence-electron chi connectivity index (χ4n) is 2.81. The van der Waals surface area contributed by atoms with Crippen LogP contribution in [0.15, 0.2) is 72.0 Å². The highest BCUT2D eigenvalue weighted by Gasteiger charge is 2.01. The van der Waals surface area contributed by atoms with Crippen LogP contribution in [0.4, 0.5) is 5.82 Å². The standard InChI is InChI=1S/C21H18N4O/c1-2-26-17-9-7-15-8-10-21(24-20(15)13-17)25-23-14-16-11-12-22-19-6-4-3-5-18(16)19/h3-14H,2H2,1H3,(H,24,25). The SMILES string of the molecule is CCOc1ccc2ccc(NN=Cc3ccnc4ccccc34)nc2c1. The maximum atomic E-state index is 5.54. The first kappa shape index (κ1) is 16.0. The molecule has 1 N–H and O–H groups in total. The number of hydrazone groups is 1. The third-order valence-corrected chi connectivity index (χ3v) is 4.04. The normalized spacial score (nSPS) is 11.3. The maximum Gasteiger partial charge on any atom is 0.146 e. The largest absolute Gasteiger partial charge is 0.494 e. The number of hydrogen-bond donors (Lipinski definition) is 1. The van der Waals surface area contributed by atoms with E-state index in [1.54, 1.807) is 12.4 Å². The van der Waals surface area contributed by atoms with Crippen molar-refractivity contribution in [2.24, 2.45) is 5.10 Å². The molecule has 0 fully saturated rings. The van der Waals surface area contributed by atoms with Gasteiger partial charge in [0.05, 0.1) is 23.9 Å². The minimum absolute atomic E-state index is 0.633. The van der Waals surface area contributed by atoms with E-state index in [1.165, 1.54) is 0 Å². The lowest BCUT2D eigenvalue weighted by Crippen LogP contribution is -1.95. The number of rotatable bonds is 5. The van der Waals surface area contributed by atoms with Gasteiger partial charge in [0.1, 0.15) is 11.6 Å². The molecule has 0 aliphatic heterocycles. The van der Waals surface area contributed by atoms with Crippen LogP contribution in [0.1, 0.15) is 12.5 Å². The van der Waals surface area contributed by atoms with Crippen molar-refractivity contribution in [1.29, 1.82) is 0 Å². The van der Waals surface area contributed by atoms with Crippen LogP contribution in [0.25, 0.3) is 21.8 Å². The number of benzene rings is 2. The average Bonchev–Trinajstić information content (AvgIpc) is 2.68. The average molecular weight is 342 g/mol. The number of pyridine rings is 2. The molecule has 26 heavy (non-hydrogen) atoms. The first-order valence-corrected chi connectivity index (χ1v) is 8.50. The molecule has 0 spiro atoms. The van der Waals surface area contributed by atoms with E-state index in [0.29, 0.717) is 12.4 Å². The molecule has 0 amide bonds. The van der Waals surface area contributed by atoms with Crippen LogP contribution < -0.4 is 10.2 Å². The van der Waals surface area contributed by atoms with Gasteiger partial charge < -0.3 is 4.74 Å². The predicted molar refractivity (Wildman–Crippen MR) is 106 cm³/mol. The summed E-state index contributed by atoms with van der Waals surface area (Å²) in [6.07, 6.45) is 3.57. The van der Waals surface area contributed by atoms with Gasteiger partial charge in [-0.15, -0.1) is 0 Å². The Morgan fingerprint density at radius 3 is 2.85 bits per heavy atom. The highest BCUT2D eigenvalue weighted by Crippen LogP contribution is 2.21. The Morgan fingerprint density at radius 2 is 1.92 bits per heavy atom. The third kappa shape index (κ3) is 3.32. The highest BCUT2D eigenvalue weighted by atomic mass is 16.5. The highest BCUT2D eigenvalue weighted by molar-refractivity contribution is 5.98. The fourth-order valence-corrected chi connectivity index (χ4v) is 2.81. The first-order chi connectivity index (χ1) is 12.8. The summed E-state index contributed by atoms with van der Waals surface area (Å²) >= 11 is 0. The van der Waals surface area contributed by atoms with Crippen LogP contribution in [0.3, 0.4) is 0 Å². The molecule has 5 nitrogen and oxygen atoms in total. The van der Waals surface area contributed by atoms with Gasteiger partial charge in [-0.25, -0.2) is 4.98 Å². The molecule has 0 aliphatic carbocycles. The molecule has 2 aromatic heterocycles. The van der Waals surface area contributed by atoms with Crippen LogP contribution in [0.2, 0.25) is 0 Å². The Kier molecular flexibility index (Phi) is 4.43. The Hall–Kier alpha value is -3.47. The Bertz CT molecular complexity index is 1090. The third-order valence-electron chi connectivity index (χ3n) is 4.04. The van der Waals surface area contributed by atoms with Gasteiger partial charge in [-0.05, 0) is 43.3 Å². The monoisotopic (exact) mass is 342 g/mol. The minimum atomic E-state index is 0.633. The molecular weight excluding hydrogens is 324 g/mol.